The molecular weight excluding hydrogens is 248 g/mol. The molecule has 1 heterocycles. The van der Waals surface area contributed by atoms with Crippen molar-refractivity contribution in [2.24, 2.45) is 0 Å². The Morgan fingerprint density at radius 2 is 1.60 bits per heavy atom. The van der Waals surface area contributed by atoms with Gasteiger partial charge in [-0.2, -0.15) is 0 Å². The zero-order chi connectivity index (χ0) is 14.0. The molecule has 0 spiro atoms. The summed E-state index contributed by atoms with van der Waals surface area (Å²) in [6.07, 6.45) is 7.84. The monoisotopic (exact) mass is 270 g/mol. The van der Waals surface area contributed by atoms with Gasteiger partial charge < -0.3 is 10.5 Å². The number of rotatable bonds is 8. The van der Waals surface area contributed by atoms with E-state index in [0.717, 1.165) is 44.6 Å². The van der Waals surface area contributed by atoms with Crippen molar-refractivity contribution in [3.63, 3.8) is 0 Å². The lowest BCUT2D eigenvalue weighted by molar-refractivity contribution is 0.130. The maximum atomic E-state index is 5.75. The van der Waals surface area contributed by atoms with Gasteiger partial charge in [0.1, 0.15) is 0 Å². The zero-order valence-corrected chi connectivity index (χ0v) is 11.8. The number of nitrogen functional groups attached to an aromatic ring is 1. The van der Waals surface area contributed by atoms with Gasteiger partial charge in [0, 0.05) is 31.3 Å². The Morgan fingerprint density at radius 3 is 2.30 bits per heavy atom. The van der Waals surface area contributed by atoms with Gasteiger partial charge in [0.2, 0.25) is 0 Å². The van der Waals surface area contributed by atoms with Crippen LogP contribution in [0, 0.1) is 0 Å². The standard InChI is InChI=1S/C17H22N2O/c18-17-7-1-4-16(14-17)6-3-13-20-12-2-5-15-8-10-19-11-9-15/h1,4,7-11,14H,2-3,5-6,12-13,18H2. The second kappa shape index (κ2) is 8.33. The molecule has 0 unspecified atom stereocenters. The highest BCUT2D eigenvalue weighted by Crippen LogP contribution is 2.08. The Bertz CT molecular complexity index is 499. The number of aryl methyl sites for hydroxylation is 2. The van der Waals surface area contributed by atoms with Gasteiger partial charge in [-0.3, -0.25) is 4.98 Å². The second-order valence-electron chi connectivity index (χ2n) is 4.92. The van der Waals surface area contributed by atoms with Crippen molar-refractivity contribution in [1.29, 1.82) is 0 Å². The lowest BCUT2D eigenvalue weighted by atomic mass is 10.1. The zero-order valence-electron chi connectivity index (χ0n) is 11.8. The maximum Gasteiger partial charge on any atom is 0.0469 e. The molecule has 0 saturated carbocycles. The van der Waals surface area contributed by atoms with E-state index in [0.29, 0.717) is 0 Å². The number of hydrogen-bond acceptors (Lipinski definition) is 3. The largest absolute Gasteiger partial charge is 0.399 e. The minimum Gasteiger partial charge on any atom is -0.399 e. The third-order valence-electron chi connectivity index (χ3n) is 3.21. The third kappa shape index (κ3) is 5.41. The van der Waals surface area contributed by atoms with Gasteiger partial charge >= 0.3 is 0 Å². The minimum absolute atomic E-state index is 0.811. The van der Waals surface area contributed by atoms with Crippen molar-refractivity contribution < 1.29 is 4.74 Å². The summed E-state index contributed by atoms with van der Waals surface area (Å²) in [6, 6.07) is 12.2. The van der Waals surface area contributed by atoms with Crippen molar-refractivity contribution in [2.75, 3.05) is 18.9 Å². The van der Waals surface area contributed by atoms with Gasteiger partial charge in [-0.05, 0) is 61.1 Å². The lowest BCUT2D eigenvalue weighted by Gasteiger charge is -2.05. The Hall–Kier alpha value is -1.87. The van der Waals surface area contributed by atoms with Crippen LogP contribution in [0.1, 0.15) is 24.0 Å². The highest BCUT2D eigenvalue weighted by Gasteiger charge is 1.96. The Balaban J connectivity index is 1.52. The molecule has 0 saturated heterocycles. The van der Waals surface area contributed by atoms with Crippen LogP contribution < -0.4 is 5.73 Å². The molecule has 0 fully saturated rings. The molecule has 0 bridgehead atoms. The molecule has 1 aromatic heterocycles. The number of nitrogens with zero attached hydrogens (tertiary/aromatic N) is 1. The molecule has 3 nitrogen and oxygen atoms in total. The predicted octanol–water partition coefficient (Wildman–Crippen LogP) is 3.25. The highest BCUT2D eigenvalue weighted by atomic mass is 16.5. The van der Waals surface area contributed by atoms with Crippen LogP contribution in [0.25, 0.3) is 0 Å². The van der Waals surface area contributed by atoms with Crippen LogP contribution in [0.3, 0.4) is 0 Å². The van der Waals surface area contributed by atoms with Gasteiger partial charge in [0.05, 0.1) is 0 Å². The fourth-order valence-electron chi connectivity index (χ4n) is 2.16. The Kier molecular flexibility index (Phi) is 6.06. The van der Waals surface area contributed by atoms with Crippen molar-refractivity contribution in [3.05, 3.63) is 59.9 Å². The first-order valence-corrected chi connectivity index (χ1v) is 7.15. The highest BCUT2D eigenvalue weighted by molar-refractivity contribution is 5.40. The molecular formula is C17H22N2O. The molecule has 3 heteroatoms. The molecule has 2 N–H and O–H groups in total. The lowest BCUT2D eigenvalue weighted by Crippen LogP contribution is -2.00. The first-order chi connectivity index (χ1) is 9.84. The quantitative estimate of drug-likeness (QED) is 0.591. The van der Waals surface area contributed by atoms with Crippen molar-refractivity contribution >= 4 is 5.69 Å². The van der Waals surface area contributed by atoms with E-state index < -0.39 is 0 Å². The van der Waals surface area contributed by atoms with Crippen LogP contribution in [0.4, 0.5) is 5.69 Å². The van der Waals surface area contributed by atoms with E-state index in [4.69, 9.17) is 10.5 Å². The van der Waals surface area contributed by atoms with E-state index in [1.807, 2.05) is 30.6 Å². The average Bonchev–Trinajstić information content (AvgIpc) is 2.47. The summed E-state index contributed by atoms with van der Waals surface area (Å²) in [6.45, 7) is 1.63. The van der Waals surface area contributed by atoms with Crippen LogP contribution in [-0.4, -0.2) is 18.2 Å². The van der Waals surface area contributed by atoms with Crippen LogP contribution >= 0.6 is 0 Å². The normalized spacial score (nSPS) is 10.6. The summed E-state index contributed by atoms with van der Waals surface area (Å²) in [5, 5.41) is 0. The molecule has 2 aromatic rings. The van der Waals surface area contributed by atoms with E-state index in [-0.39, 0.29) is 0 Å². The average molecular weight is 270 g/mol. The van der Waals surface area contributed by atoms with Crippen LogP contribution in [0.5, 0.6) is 0 Å². The molecule has 2 rings (SSSR count). The van der Waals surface area contributed by atoms with Crippen LogP contribution in [0.15, 0.2) is 48.8 Å². The third-order valence-corrected chi connectivity index (χ3v) is 3.21. The second-order valence-corrected chi connectivity index (χ2v) is 4.92. The summed E-state index contributed by atoms with van der Waals surface area (Å²) < 4.78 is 5.66. The van der Waals surface area contributed by atoms with E-state index in [1.165, 1.54) is 11.1 Å². The number of ether oxygens (including phenoxy) is 1. The van der Waals surface area contributed by atoms with Crippen molar-refractivity contribution in [3.8, 4) is 0 Å². The SMILES string of the molecule is Nc1cccc(CCCOCCCc2ccncc2)c1. The molecule has 0 aliphatic rings. The fraction of sp³-hybridized carbons (Fsp3) is 0.353. The first-order valence-electron chi connectivity index (χ1n) is 7.15. The Morgan fingerprint density at radius 1 is 0.900 bits per heavy atom. The predicted molar refractivity (Wildman–Crippen MR) is 82.6 cm³/mol. The topological polar surface area (TPSA) is 48.1 Å². The number of benzene rings is 1. The maximum absolute atomic E-state index is 5.75. The number of nitrogens with two attached hydrogens (primary N) is 1. The van der Waals surface area contributed by atoms with Crippen LogP contribution in [0.2, 0.25) is 0 Å². The van der Waals surface area contributed by atoms with E-state index in [1.54, 1.807) is 0 Å². The fourth-order valence-corrected chi connectivity index (χ4v) is 2.16. The van der Waals surface area contributed by atoms with Gasteiger partial charge in [0.25, 0.3) is 0 Å². The number of hydrogen-bond donors (Lipinski definition) is 1. The molecule has 0 aliphatic carbocycles. The first kappa shape index (κ1) is 14.5. The summed E-state index contributed by atoms with van der Waals surface area (Å²) in [5.74, 6) is 0. The molecule has 20 heavy (non-hydrogen) atoms. The van der Waals surface area contributed by atoms with E-state index >= 15 is 0 Å². The summed E-state index contributed by atoms with van der Waals surface area (Å²) in [5.41, 5.74) is 9.19. The van der Waals surface area contributed by atoms with Crippen molar-refractivity contribution in [2.45, 2.75) is 25.7 Å². The van der Waals surface area contributed by atoms with E-state index in [9.17, 15) is 0 Å². The number of anilines is 1. The summed E-state index contributed by atoms with van der Waals surface area (Å²) in [4.78, 5) is 4.01. The van der Waals surface area contributed by atoms with Gasteiger partial charge in [-0.15, -0.1) is 0 Å². The molecule has 106 valence electrons. The summed E-state index contributed by atoms with van der Waals surface area (Å²) >= 11 is 0. The van der Waals surface area contributed by atoms with E-state index in [2.05, 4.69) is 23.2 Å². The molecule has 1 aromatic carbocycles. The minimum atomic E-state index is 0.811. The molecule has 0 aliphatic heterocycles. The number of pyridine rings is 1. The van der Waals surface area contributed by atoms with Crippen molar-refractivity contribution in [1.82, 2.24) is 4.98 Å². The molecule has 0 amide bonds. The molecule has 0 atom stereocenters. The summed E-state index contributed by atoms with van der Waals surface area (Å²) in [7, 11) is 0. The number of aromatic nitrogens is 1. The smallest absolute Gasteiger partial charge is 0.0469 e. The van der Waals surface area contributed by atoms with Gasteiger partial charge in [-0.25, -0.2) is 0 Å². The molecule has 0 radical (unpaired) electrons. The Labute approximate surface area is 120 Å². The van der Waals surface area contributed by atoms with Gasteiger partial charge in [-0.1, -0.05) is 12.1 Å². The van der Waals surface area contributed by atoms with Gasteiger partial charge in [0.15, 0.2) is 0 Å². The van der Waals surface area contributed by atoms with Crippen LogP contribution in [-0.2, 0) is 17.6 Å².